The van der Waals surface area contributed by atoms with Crippen molar-refractivity contribution in [1.82, 2.24) is 9.78 Å². The van der Waals surface area contributed by atoms with Gasteiger partial charge in [-0.1, -0.05) is 0 Å². The highest BCUT2D eigenvalue weighted by molar-refractivity contribution is 5.43. The molecule has 1 unspecified atom stereocenters. The number of anilines is 1. The number of hydrogen-bond acceptors (Lipinski definition) is 3. The highest BCUT2D eigenvalue weighted by atomic mass is 15.3. The first-order valence-corrected chi connectivity index (χ1v) is 5.73. The third-order valence-electron chi connectivity index (χ3n) is 3.96. The van der Waals surface area contributed by atoms with Crippen molar-refractivity contribution in [3.8, 4) is 0 Å². The van der Waals surface area contributed by atoms with Crippen molar-refractivity contribution in [3.63, 3.8) is 0 Å². The second-order valence-electron chi connectivity index (χ2n) is 4.95. The van der Waals surface area contributed by atoms with Gasteiger partial charge in [-0.3, -0.25) is 4.68 Å². The van der Waals surface area contributed by atoms with Gasteiger partial charge in [0, 0.05) is 32.4 Å². The fourth-order valence-electron chi connectivity index (χ4n) is 3.05. The summed E-state index contributed by atoms with van der Waals surface area (Å²) in [5.74, 6) is 1.40. The first kappa shape index (κ1) is 9.21. The van der Waals surface area contributed by atoms with Crippen LogP contribution in [0.15, 0.2) is 12.4 Å². The predicted octanol–water partition coefficient (Wildman–Crippen LogP) is 0.594. The van der Waals surface area contributed by atoms with Crippen LogP contribution in [0.5, 0.6) is 0 Å². The van der Waals surface area contributed by atoms with Gasteiger partial charge in [0.15, 0.2) is 0 Å². The van der Waals surface area contributed by atoms with Crippen LogP contribution < -0.4 is 10.6 Å². The minimum absolute atomic E-state index is 0.443. The summed E-state index contributed by atoms with van der Waals surface area (Å²) in [6.45, 7) is 2.23. The van der Waals surface area contributed by atoms with Crippen molar-refractivity contribution in [2.24, 2.45) is 24.6 Å². The number of fused-ring (bicyclic) bond motifs is 2. The van der Waals surface area contributed by atoms with Gasteiger partial charge in [-0.15, -0.1) is 0 Å². The quantitative estimate of drug-likeness (QED) is 0.731. The highest BCUT2D eigenvalue weighted by Gasteiger charge is 2.39. The molecule has 1 aliphatic heterocycles. The molecular formula is C11H18N4. The van der Waals surface area contributed by atoms with Gasteiger partial charge in [0.2, 0.25) is 0 Å². The van der Waals surface area contributed by atoms with Gasteiger partial charge in [0.25, 0.3) is 0 Å². The van der Waals surface area contributed by atoms with Crippen LogP contribution in [-0.2, 0) is 7.05 Å². The van der Waals surface area contributed by atoms with E-state index in [1.54, 1.807) is 0 Å². The van der Waals surface area contributed by atoms with Gasteiger partial charge in [0.1, 0.15) is 0 Å². The summed E-state index contributed by atoms with van der Waals surface area (Å²) >= 11 is 0. The van der Waals surface area contributed by atoms with E-state index in [-0.39, 0.29) is 0 Å². The van der Waals surface area contributed by atoms with E-state index in [9.17, 15) is 0 Å². The lowest BCUT2D eigenvalue weighted by atomic mass is 9.93. The fraction of sp³-hybridized carbons (Fsp3) is 0.727. The Kier molecular flexibility index (Phi) is 1.99. The Morgan fingerprint density at radius 1 is 1.33 bits per heavy atom. The van der Waals surface area contributed by atoms with Gasteiger partial charge in [-0.05, 0) is 24.7 Å². The third kappa shape index (κ3) is 1.44. The smallest absolute Gasteiger partial charge is 0.0752 e. The molecular weight excluding hydrogens is 188 g/mol. The Balaban J connectivity index is 1.80. The van der Waals surface area contributed by atoms with Crippen LogP contribution in [0.4, 0.5) is 5.69 Å². The van der Waals surface area contributed by atoms with E-state index in [0.29, 0.717) is 17.9 Å². The molecule has 2 heterocycles. The van der Waals surface area contributed by atoms with E-state index in [2.05, 4.69) is 16.2 Å². The van der Waals surface area contributed by atoms with Crippen LogP contribution in [0.25, 0.3) is 0 Å². The zero-order valence-electron chi connectivity index (χ0n) is 9.13. The topological polar surface area (TPSA) is 47.1 Å². The molecule has 1 saturated carbocycles. The molecule has 15 heavy (non-hydrogen) atoms. The number of aryl methyl sites for hydroxylation is 1. The number of hydrogen-bond donors (Lipinski definition) is 1. The van der Waals surface area contributed by atoms with E-state index in [4.69, 9.17) is 5.73 Å². The summed E-state index contributed by atoms with van der Waals surface area (Å²) in [5, 5.41) is 4.23. The molecule has 1 aromatic heterocycles. The molecule has 3 rings (SSSR count). The van der Waals surface area contributed by atoms with Crippen LogP contribution in [-0.4, -0.2) is 28.9 Å². The molecule has 2 bridgehead atoms. The normalized spacial score (nSPS) is 34.8. The third-order valence-corrected chi connectivity index (χ3v) is 3.96. The monoisotopic (exact) mass is 206 g/mol. The van der Waals surface area contributed by atoms with Gasteiger partial charge >= 0.3 is 0 Å². The Bertz CT molecular complexity index is 345. The van der Waals surface area contributed by atoms with Crippen LogP contribution in [0.3, 0.4) is 0 Å². The van der Waals surface area contributed by atoms with Crippen molar-refractivity contribution in [2.45, 2.75) is 18.9 Å². The van der Waals surface area contributed by atoms with Crippen LogP contribution in [0.2, 0.25) is 0 Å². The molecule has 0 spiro atoms. The number of rotatable bonds is 1. The van der Waals surface area contributed by atoms with Gasteiger partial charge in [-0.25, -0.2) is 0 Å². The molecule has 1 aliphatic carbocycles. The number of piperidine rings is 1. The van der Waals surface area contributed by atoms with Crippen molar-refractivity contribution in [2.75, 3.05) is 18.0 Å². The zero-order valence-corrected chi connectivity index (χ0v) is 9.13. The maximum Gasteiger partial charge on any atom is 0.0752 e. The average molecular weight is 206 g/mol. The lowest BCUT2D eigenvalue weighted by Crippen LogP contribution is -2.48. The summed E-state index contributed by atoms with van der Waals surface area (Å²) in [7, 11) is 1.97. The van der Waals surface area contributed by atoms with E-state index in [0.717, 1.165) is 13.1 Å². The van der Waals surface area contributed by atoms with Crippen molar-refractivity contribution >= 4 is 5.69 Å². The predicted molar refractivity (Wildman–Crippen MR) is 59.6 cm³/mol. The van der Waals surface area contributed by atoms with Crippen molar-refractivity contribution < 1.29 is 0 Å². The second-order valence-corrected chi connectivity index (χ2v) is 4.95. The SMILES string of the molecule is Cn1cc(N2C[C@H]3CC[C@@H](C2)C3N)cn1. The van der Waals surface area contributed by atoms with Gasteiger partial charge < -0.3 is 10.6 Å². The fourth-order valence-corrected chi connectivity index (χ4v) is 3.05. The number of nitrogens with zero attached hydrogens (tertiary/aromatic N) is 3. The molecule has 0 radical (unpaired) electrons. The molecule has 1 saturated heterocycles. The lowest BCUT2D eigenvalue weighted by Gasteiger charge is -2.36. The lowest BCUT2D eigenvalue weighted by molar-refractivity contribution is 0.356. The summed E-state index contributed by atoms with van der Waals surface area (Å²) in [4.78, 5) is 2.44. The molecule has 3 atom stereocenters. The van der Waals surface area contributed by atoms with E-state index >= 15 is 0 Å². The van der Waals surface area contributed by atoms with Gasteiger partial charge in [-0.2, -0.15) is 5.10 Å². The maximum atomic E-state index is 6.18. The molecule has 82 valence electrons. The standard InChI is InChI=1S/C11H18N4/c1-14-7-10(4-13-14)15-5-8-2-3-9(6-15)11(8)12/h4,7-9,11H,2-3,5-6,12H2,1H3/t8-,9+,11?. The largest absolute Gasteiger partial charge is 0.368 e. The van der Waals surface area contributed by atoms with E-state index in [1.165, 1.54) is 18.5 Å². The molecule has 2 fully saturated rings. The Labute approximate surface area is 90.0 Å². The van der Waals surface area contributed by atoms with Crippen LogP contribution in [0, 0.1) is 11.8 Å². The van der Waals surface area contributed by atoms with Gasteiger partial charge in [0.05, 0.1) is 11.9 Å². The number of aromatic nitrogens is 2. The summed E-state index contributed by atoms with van der Waals surface area (Å²) in [6.07, 6.45) is 6.66. The maximum absolute atomic E-state index is 6.18. The molecule has 1 aromatic rings. The van der Waals surface area contributed by atoms with Crippen LogP contribution >= 0.6 is 0 Å². The van der Waals surface area contributed by atoms with E-state index < -0.39 is 0 Å². The summed E-state index contributed by atoms with van der Waals surface area (Å²) in [5.41, 5.74) is 7.43. The Morgan fingerprint density at radius 2 is 2.00 bits per heavy atom. The summed E-state index contributed by atoms with van der Waals surface area (Å²) < 4.78 is 1.87. The first-order valence-electron chi connectivity index (χ1n) is 5.73. The second kappa shape index (κ2) is 3.23. The number of nitrogens with two attached hydrogens (primary N) is 1. The van der Waals surface area contributed by atoms with E-state index in [1.807, 2.05) is 17.9 Å². The van der Waals surface area contributed by atoms with Crippen LogP contribution in [0.1, 0.15) is 12.8 Å². The minimum atomic E-state index is 0.443. The molecule has 2 aliphatic rings. The van der Waals surface area contributed by atoms with Crippen molar-refractivity contribution in [3.05, 3.63) is 12.4 Å². The minimum Gasteiger partial charge on any atom is -0.368 e. The molecule has 4 heteroatoms. The first-order chi connectivity index (χ1) is 7.24. The zero-order chi connectivity index (χ0) is 10.4. The highest BCUT2D eigenvalue weighted by Crippen LogP contribution is 2.37. The average Bonchev–Trinajstić information content (AvgIpc) is 2.70. The molecule has 2 N–H and O–H groups in total. The molecule has 0 aromatic carbocycles. The Hall–Kier alpha value is -1.03. The Morgan fingerprint density at radius 3 is 2.53 bits per heavy atom. The summed E-state index contributed by atoms with van der Waals surface area (Å²) in [6, 6.07) is 0.443. The van der Waals surface area contributed by atoms with Crippen molar-refractivity contribution in [1.29, 1.82) is 0 Å². The molecule has 4 nitrogen and oxygen atoms in total. The molecule has 0 amide bonds.